The molecule has 0 unspecified atom stereocenters. The lowest BCUT2D eigenvalue weighted by molar-refractivity contribution is 0.631. The van der Waals surface area contributed by atoms with E-state index < -0.39 is 0 Å². The second kappa shape index (κ2) is 6.06. The van der Waals surface area contributed by atoms with Gasteiger partial charge in [-0.25, -0.2) is 14.4 Å². The van der Waals surface area contributed by atoms with E-state index in [-0.39, 0.29) is 11.7 Å². The Bertz CT molecular complexity index is 626. The lowest BCUT2D eigenvalue weighted by Gasteiger charge is -2.14. The number of rotatable bonds is 3. The predicted molar refractivity (Wildman–Crippen MR) is 83.3 cm³/mol. The van der Waals surface area contributed by atoms with Crippen LogP contribution in [-0.4, -0.2) is 9.97 Å². The molecule has 1 aromatic carbocycles. The Morgan fingerprint density at radius 2 is 2.00 bits per heavy atom. The summed E-state index contributed by atoms with van der Waals surface area (Å²) in [5.41, 5.74) is 1.02. The van der Waals surface area contributed by atoms with Gasteiger partial charge in [-0.1, -0.05) is 31.5 Å². The highest BCUT2D eigenvalue weighted by atomic mass is 79.9. The minimum Gasteiger partial charge on any atom is -0.337 e. The van der Waals surface area contributed by atoms with Gasteiger partial charge >= 0.3 is 0 Å². The van der Waals surface area contributed by atoms with Gasteiger partial charge in [-0.05, 0) is 35.0 Å². The van der Waals surface area contributed by atoms with Crippen molar-refractivity contribution < 1.29 is 4.39 Å². The number of nitrogens with one attached hydrogen (secondary N) is 1. The third-order valence-corrected chi connectivity index (χ3v) is 3.86. The fourth-order valence-corrected chi connectivity index (χ4v) is 2.24. The van der Waals surface area contributed by atoms with Crippen molar-refractivity contribution in [2.45, 2.75) is 26.7 Å². The lowest BCUT2D eigenvalue weighted by Crippen LogP contribution is -2.06. The second-order valence-corrected chi connectivity index (χ2v) is 5.93. The van der Waals surface area contributed by atoms with E-state index in [0.29, 0.717) is 32.5 Å². The molecule has 0 spiro atoms. The Balaban J connectivity index is 2.48. The monoisotopic (exact) mass is 357 g/mol. The molecule has 0 aliphatic heterocycles. The predicted octanol–water partition coefficient (Wildman–Crippen LogP) is 5.21. The molecule has 6 heteroatoms. The number of hydrogen-bond acceptors (Lipinski definition) is 3. The van der Waals surface area contributed by atoms with Gasteiger partial charge in [-0.2, -0.15) is 0 Å². The van der Waals surface area contributed by atoms with Crippen molar-refractivity contribution >= 4 is 39.0 Å². The number of nitrogens with zero attached hydrogens (tertiary/aromatic N) is 2. The molecule has 0 amide bonds. The number of hydrogen-bond donors (Lipinski definition) is 1. The first kappa shape index (κ1) is 15.2. The SMILES string of the molecule is Cc1c(Cl)nc(C(C)C)nc1Nc1c(F)cccc1Br. The molecule has 1 heterocycles. The van der Waals surface area contributed by atoms with Crippen LogP contribution in [-0.2, 0) is 0 Å². The normalized spacial score (nSPS) is 10.9. The van der Waals surface area contributed by atoms with E-state index in [1.807, 2.05) is 13.8 Å². The van der Waals surface area contributed by atoms with Crippen LogP contribution in [0.2, 0.25) is 5.15 Å². The number of halogens is 3. The van der Waals surface area contributed by atoms with E-state index in [9.17, 15) is 4.39 Å². The van der Waals surface area contributed by atoms with E-state index in [2.05, 4.69) is 31.2 Å². The molecule has 0 aliphatic carbocycles. The van der Waals surface area contributed by atoms with Crippen molar-refractivity contribution in [2.24, 2.45) is 0 Å². The maximum Gasteiger partial charge on any atom is 0.147 e. The smallest absolute Gasteiger partial charge is 0.147 e. The summed E-state index contributed by atoms with van der Waals surface area (Å²) >= 11 is 9.43. The number of para-hydroxylation sites is 1. The molecule has 1 aromatic heterocycles. The third-order valence-electron chi connectivity index (χ3n) is 2.83. The van der Waals surface area contributed by atoms with Crippen LogP contribution in [0.15, 0.2) is 22.7 Å². The summed E-state index contributed by atoms with van der Waals surface area (Å²) in [5, 5.41) is 3.36. The molecule has 0 saturated heterocycles. The largest absolute Gasteiger partial charge is 0.337 e. The van der Waals surface area contributed by atoms with Crippen LogP contribution in [0.1, 0.15) is 31.2 Å². The molecular formula is C14H14BrClFN3. The highest BCUT2D eigenvalue weighted by Crippen LogP contribution is 2.31. The first-order chi connectivity index (χ1) is 9.40. The van der Waals surface area contributed by atoms with Gasteiger partial charge in [0, 0.05) is 16.0 Å². The van der Waals surface area contributed by atoms with Crippen molar-refractivity contribution in [1.82, 2.24) is 9.97 Å². The minimum atomic E-state index is -0.361. The van der Waals surface area contributed by atoms with E-state index in [1.54, 1.807) is 19.1 Å². The molecule has 20 heavy (non-hydrogen) atoms. The van der Waals surface area contributed by atoms with Crippen molar-refractivity contribution in [2.75, 3.05) is 5.32 Å². The zero-order chi connectivity index (χ0) is 14.9. The van der Waals surface area contributed by atoms with Crippen molar-refractivity contribution in [3.05, 3.63) is 45.0 Å². The van der Waals surface area contributed by atoms with Crippen LogP contribution in [0.4, 0.5) is 15.9 Å². The van der Waals surface area contributed by atoms with Crippen LogP contribution in [0, 0.1) is 12.7 Å². The van der Waals surface area contributed by atoms with Crippen LogP contribution < -0.4 is 5.32 Å². The molecule has 3 nitrogen and oxygen atoms in total. The summed E-state index contributed by atoms with van der Waals surface area (Å²) in [7, 11) is 0. The topological polar surface area (TPSA) is 37.8 Å². The van der Waals surface area contributed by atoms with Crippen molar-refractivity contribution in [1.29, 1.82) is 0 Å². The van der Waals surface area contributed by atoms with Gasteiger partial charge in [0.05, 0.1) is 5.69 Å². The fourth-order valence-electron chi connectivity index (χ4n) is 1.62. The number of anilines is 2. The van der Waals surface area contributed by atoms with E-state index in [4.69, 9.17) is 11.6 Å². The summed E-state index contributed by atoms with van der Waals surface area (Å²) in [5.74, 6) is 0.910. The fraction of sp³-hybridized carbons (Fsp3) is 0.286. The quantitative estimate of drug-likeness (QED) is 0.766. The first-order valence-corrected chi connectivity index (χ1v) is 7.32. The zero-order valence-electron chi connectivity index (χ0n) is 11.3. The zero-order valence-corrected chi connectivity index (χ0v) is 13.7. The molecule has 2 rings (SSSR count). The Morgan fingerprint density at radius 1 is 1.30 bits per heavy atom. The van der Waals surface area contributed by atoms with Crippen molar-refractivity contribution in [3.8, 4) is 0 Å². The van der Waals surface area contributed by atoms with E-state index in [1.165, 1.54) is 6.07 Å². The lowest BCUT2D eigenvalue weighted by atomic mass is 10.2. The van der Waals surface area contributed by atoms with Gasteiger partial charge in [-0.3, -0.25) is 0 Å². The Labute approximate surface area is 130 Å². The molecule has 0 atom stereocenters. The molecule has 0 bridgehead atoms. The maximum absolute atomic E-state index is 13.9. The first-order valence-electron chi connectivity index (χ1n) is 6.15. The third kappa shape index (κ3) is 3.10. The summed E-state index contributed by atoms with van der Waals surface area (Å²) in [4.78, 5) is 8.64. The van der Waals surface area contributed by atoms with Crippen molar-refractivity contribution in [3.63, 3.8) is 0 Å². The van der Waals surface area contributed by atoms with Crippen LogP contribution in [0.5, 0.6) is 0 Å². The van der Waals surface area contributed by atoms with Gasteiger partial charge in [0.2, 0.25) is 0 Å². The highest BCUT2D eigenvalue weighted by Gasteiger charge is 2.14. The molecule has 106 valence electrons. The van der Waals surface area contributed by atoms with Crippen LogP contribution in [0.3, 0.4) is 0 Å². The Morgan fingerprint density at radius 3 is 2.60 bits per heavy atom. The summed E-state index contributed by atoms with van der Waals surface area (Å²) in [6.07, 6.45) is 0. The van der Waals surface area contributed by atoms with E-state index >= 15 is 0 Å². The number of benzene rings is 1. The van der Waals surface area contributed by atoms with Gasteiger partial charge in [0.25, 0.3) is 0 Å². The van der Waals surface area contributed by atoms with Crippen LogP contribution in [0.25, 0.3) is 0 Å². The molecule has 0 aliphatic rings. The van der Waals surface area contributed by atoms with Gasteiger partial charge in [-0.15, -0.1) is 0 Å². The summed E-state index contributed by atoms with van der Waals surface area (Å²) < 4.78 is 14.5. The van der Waals surface area contributed by atoms with Crippen LogP contribution >= 0.6 is 27.5 Å². The van der Waals surface area contributed by atoms with Gasteiger partial charge < -0.3 is 5.32 Å². The van der Waals surface area contributed by atoms with Gasteiger partial charge in [0.1, 0.15) is 22.6 Å². The maximum atomic E-state index is 13.9. The molecule has 2 aromatic rings. The Kier molecular flexibility index (Phi) is 4.60. The molecule has 0 fully saturated rings. The minimum absolute atomic E-state index is 0.137. The summed E-state index contributed by atoms with van der Waals surface area (Å²) in [6, 6.07) is 4.77. The standard InChI is InChI=1S/C14H14BrClFN3/c1-7(2)13-19-12(16)8(3)14(20-13)18-11-9(15)5-4-6-10(11)17/h4-7H,1-3H3,(H,18,19,20). The molecule has 0 radical (unpaired) electrons. The highest BCUT2D eigenvalue weighted by molar-refractivity contribution is 9.10. The average Bonchev–Trinajstić information content (AvgIpc) is 2.38. The second-order valence-electron chi connectivity index (χ2n) is 4.72. The molecule has 1 N–H and O–H groups in total. The van der Waals surface area contributed by atoms with Gasteiger partial charge in [0.15, 0.2) is 0 Å². The average molecular weight is 359 g/mol. The number of aromatic nitrogens is 2. The molecular weight excluding hydrogens is 345 g/mol. The molecule has 0 saturated carbocycles. The van der Waals surface area contributed by atoms with E-state index in [0.717, 1.165) is 0 Å². The Hall–Kier alpha value is -1.20. The summed E-state index contributed by atoms with van der Waals surface area (Å²) in [6.45, 7) is 5.75.